The van der Waals surface area contributed by atoms with Crippen LogP contribution in [0.15, 0.2) is 23.0 Å². The van der Waals surface area contributed by atoms with E-state index in [2.05, 4.69) is 50.6 Å². The average molecular weight is 485 g/mol. The van der Waals surface area contributed by atoms with Gasteiger partial charge in [-0.25, -0.2) is 9.59 Å². The molecule has 0 unspecified atom stereocenters. The summed E-state index contributed by atoms with van der Waals surface area (Å²) in [6, 6.07) is 0. The molecule has 0 radical (unpaired) electrons. The van der Waals surface area contributed by atoms with Crippen LogP contribution in [0.2, 0.25) is 0 Å². The van der Waals surface area contributed by atoms with Crippen LogP contribution >= 0.6 is 12.2 Å². The largest absolute Gasteiger partial charge is 0.511 e. The van der Waals surface area contributed by atoms with Crippen molar-refractivity contribution < 1.29 is 47.9 Å². The van der Waals surface area contributed by atoms with E-state index >= 15 is 0 Å². The van der Waals surface area contributed by atoms with Crippen LogP contribution in [0.1, 0.15) is 14.4 Å². The molecule has 0 saturated heterocycles. The molecule has 1 heterocycles. The van der Waals surface area contributed by atoms with Gasteiger partial charge in [0.1, 0.15) is 12.9 Å². The quantitative estimate of drug-likeness (QED) is 0.126. The maximum absolute atomic E-state index is 10.8. The molecule has 13 nitrogen and oxygen atoms in total. The zero-order chi connectivity index (χ0) is 24.7. The second kappa shape index (κ2) is 25.6. The molecule has 32 heavy (non-hydrogen) atoms. The Morgan fingerprint density at radius 1 is 1.12 bits per heavy atom. The smallest absolute Gasteiger partial charge is 0.376 e. The maximum Gasteiger partial charge on any atom is 0.376 e. The number of aliphatic hydroxyl groups is 1. The van der Waals surface area contributed by atoms with E-state index in [1.165, 1.54) is 41.7 Å². The van der Waals surface area contributed by atoms with E-state index in [-0.39, 0.29) is 37.1 Å². The van der Waals surface area contributed by atoms with E-state index in [0.29, 0.717) is 24.1 Å². The van der Waals surface area contributed by atoms with Gasteiger partial charge in [0.2, 0.25) is 5.76 Å². The lowest BCUT2D eigenvalue weighted by atomic mass is 10.5. The molecule has 0 saturated carbocycles. The van der Waals surface area contributed by atoms with Gasteiger partial charge in [-0.1, -0.05) is 7.43 Å². The fourth-order valence-electron chi connectivity index (χ4n) is 1.08. The van der Waals surface area contributed by atoms with Gasteiger partial charge in [-0.2, -0.15) is 0 Å². The van der Waals surface area contributed by atoms with Crippen LogP contribution in [0.5, 0.6) is 5.75 Å². The van der Waals surface area contributed by atoms with Crippen molar-refractivity contribution >= 4 is 30.6 Å². The van der Waals surface area contributed by atoms with Crippen molar-refractivity contribution in [2.24, 2.45) is 0 Å². The van der Waals surface area contributed by atoms with Crippen molar-refractivity contribution in [1.29, 1.82) is 0 Å². The van der Waals surface area contributed by atoms with Crippen LogP contribution < -0.4 is 10.3 Å². The Morgan fingerprint density at radius 3 is 1.94 bits per heavy atom. The third-order valence-corrected chi connectivity index (χ3v) is 2.67. The Balaban J connectivity index is -0.000000167. The molecule has 0 aliphatic carbocycles. The van der Waals surface area contributed by atoms with Crippen LogP contribution in [0, 0.1) is 4.77 Å². The first-order valence-corrected chi connectivity index (χ1v) is 8.57. The van der Waals surface area contributed by atoms with E-state index in [4.69, 9.17) is 5.11 Å². The van der Waals surface area contributed by atoms with Crippen LogP contribution in [-0.2, 0) is 38.1 Å². The van der Waals surface area contributed by atoms with Crippen LogP contribution in [0.4, 0.5) is 0 Å². The van der Waals surface area contributed by atoms with E-state index in [1.54, 1.807) is 6.92 Å². The number of rotatable bonds is 7. The molecule has 1 aromatic heterocycles. The molecule has 0 bridgehead atoms. The molecule has 14 heteroatoms. The number of esters is 2. The Bertz CT molecular complexity index is 760. The summed E-state index contributed by atoms with van der Waals surface area (Å²) in [6.45, 7) is 2.70. The number of methoxy groups -OCH3 is 5. The molecule has 0 atom stereocenters. The number of carbonyl (C=O) groups excluding carboxylic acids is 3. The van der Waals surface area contributed by atoms with Crippen LogP contribution in [0.3, 0.4) is 0 Å². The Labute approximate surface area is 191 Å². The third kappa shape index (κ3) is 21.3. The molecule has 1 rings (SSSR count). The SMILES string of the molecule is C.CCOC=O.COC(=O)/C(=C/O)OC.COCC(=O)OC.COc1c[nH]c(=S)[nH]c1=O. The Kier molecular flexibility index (Phi) is 28.9. The summed E-state index contributed by atoms with van der Waals surface area (Å²) in [5.74, 6) is -1.02. The lowest BCUT2D eigenvalue weighted by Gasteiger charge is -1.99. The summed E-state index contributed by atoms with van der Waals surface area (Å²) in [6.07, 6.45) is 1.97. The highest BCUT2D eigenvalue weighted by molar-refractivity contribution is 7.71. The van der Waals surface area contributed by atoms with Crippen molar-refractivity contribution in [2.75, 3.05) is 48.8 Å². The number of carbonyl (C=O) groups is 3. The van der Waals surface area contributed by atoms with Gasteiger partial charge in [-0.3, -0.25) is 14.6 Å². The van der Waals surface area contributed by atoms with Gasteiger partial charge in [0, 0.05) is 7.11 Å². The monoisotopic (exact) mass is 484 g/mol. The highest BCUT2D eigenvalue weighted by Crippen LogP contribution is 1.95. The summed E-state index contributed by atoms with van der Waals surface area (Å²) in [7, 11) is 6.64. The average Bonchev–Trinajstić information content (AvgIpc) is 2.76. The molecule has 0 aliphatic heterocycles. The minimum atomic E-state index is -0.694. The van der Waals surface area contributed by atoms with E-state index in [9.17, 15) is 19.2 Å². The number of hydrogen-bond acceptors (Lipinski definition) is 12. The number of nitrogens with one attached hydrogen (secondary N) is 2. The summed E-state index contributed by atoms with van der Waals surface area (Å²) >= 11 is 4.64. The highest BCUT2D eigenvalue weighted by Gasteiger charge is 2.07. The predicted molar refractivity (Wildman–Crippen MR) is 117 cm³/mol. The molecule has 186 valence electrons. The molecule has 0 aromatic carbocycles. The number of aromatic amines is 2. The fraction of sp³-hybridized carbons (Fsp3) is 0.500. The van der Waals surface area contributed by atoms with Crippen molar-refractivity contribution in [2.45, 2.75) is 14.4 Å². The van der Waals surface area contributed by atoms with E-state index in [1.807, 2.05) is 0 Å². The molecule has 0 amide bonds. The molecule has 0 aliphatic rings. The molecular formula is C18H32N2O11S. The van der Waals surface area contributed by atoms with Crippen molar-refractivity contribution in [3.05, 3.63) is 33.3 Å². The number of H-pyrrole nitrogens is 2. The summed E-state index contributed by atoms with van der Waals surface area (Å²) in [4.78, 5) is 45.4. The molecule has 0 fully saturated rings. The van der Waals surface area contributed by atoms with E-state index in [0.717, 1.165) is 0 Å². The van der Waals surface area contributed by atoms with Crippen LogP contribution in [-0.4, -0.2) is 82.2 Å². The summed E-state index contributed by atoms with van der Waals surface area (Å²) in [5.41, 5.74) is -0.314. The molecule has 0 spiro atoms. The number of aromatic nitrogens is 2. The van der Waals surface area contributed by atoms with Gasteiger partial charge in [0.15, 0.2) is 10.5 Å². The first kappa shape index (κ1) is 36.0. The van der Waals surface area contributed by atoms with Gasteiger partial charge in [0.25, 0.3) is 12.0 Å². The predicted octanol–water partition coefficient (Wildman–Crippen LogP) is 1.27. The third-order valence-electron chi connectivity index (χ3n) is 2.45. The van der Waals surface area contributed by atoms with Gasteiger partial charge in [0.05, 0.1) is 41.2 Å². The normalized spacial score (nSPS) is 8.75. The summed E-state index contributed by atoms with van der Waals surface area (Å²) in [5, 5.41) is 8.24. The lowest BCUT2D eigenvalue weighted by Crippen LogP contribution is -2.09. The minimum absolute atomic E-state index is 0. The van der Waals surface area contributed by atoms with Crippen molar-refractivity contribution in [3.8, 4) is 5.75 Å². The van der Waals surface area contributed by atoms with Gasteiger partial charge < -0.3 is 38.5 Å². The first-order valence-electron chi connectivity index (χ1n) is 8.16. The van der Waals surface area contributed by atoms with Gasteiger partial charge >= 0.3 is 11.9 Å². The fourth-order valence-corrected chi connectivity index (χ4v) is 1.23. The lowest BCUT2D eigenvalue weighted by molar-refractivity contribution is -0.144. The first-order chi connectivity index (χ1) is 14.7. The Morgan fingerprint density at radius 2 is 1.72 bits per heavy atom. The topological polar surface area (TPSA) is 175 Å². The zero-order valence-corrected chi connectivity index (χ0v) is 18.9. The van der Waals surface area contributed by atoms with Gasteiger partial charge in [-0.15, -0.1) is 0 Å². The number of ether oxygens (including phenoxy) is 6. The maximum atomic E-state index is 10.8. The van der Waals surface area contributed by atoms with Crippen molar-refractivity contribution in [3.63, 3.8) is 0 Å². The number of hydrogen-bond donors (Lipinski definition) is 3. The zero-order valence-electron chi connectivity index (χ0n) is 18.1. The second-order valence-corrected chi connectivity index (χ2v) is 4.80. The highest BCUT2D eigenvalue weighted by atomic mass is 32.1. The summed E-state index contributed by atoms with van der Waals surface area (Å²) < 4.78 is 26.4. The molecule has 1 aromatic rings. The van der Waals surface area contributed by atoms with Crippen molar-refractivity contribution in [1.82, 2.24) is 9.97 Å². The Hall–Kier alpha value is -3.39. The van der Waals surface area contributed by atoms with Gasteiger partial charge in [-0.05, 0) is 19.1 Å². The minimum Gasteiger partial charge on any atom is -0.511 e. The second-order valence-electron chi connectivity index (χ2n) is 4.39. The standard InChI is InChI=1S/C5H6N2O2S.C5H8O4.C4H8O3.C3H6O2.CH4/c1-9-3-2-6-5(10)7-4(3)8;1-8-4(3-6)5(7)9-2;1-6-3-4(5)7-2;1-2-5-3-4;/h2H,1H3,(H2,6,7,8,10);3,6H,1-2H3;3H2,1-2H3;3H,2H2,1H3;1H4/b;4-3-;;;. The molecular weight excluding hydrogens is 452 g/mol. The molecule has 3 N–H and O–H groups in total. The van der Waals surface area contributed by atoms with Crippen LogP contribution in [0.25, 0.3) is 0 Å². The van der Waals surface area contributed by atoms with E-state index < -0.39 is 5.97 Å². The number of aliphatic hydroxyl groups excluding tert-OH is 1.